The lowest BCUT2D eigenvalue weighted by atomic mass is 10.1. The quantitative estimate of drug-likeness (QED) is 0.544. The first-order valence-corrected chi connectivity index (χ1v) is 9.27. The Morgan fingerprint density at radius 2 is 1.72 bits per heavy atom. The minimum absolute atomic E-state index is 0.0582. The summed E-state index contributed by atoms with van der Waals surface area (Å²) in [6, 6.07) is 8.31. The highest BCUT2D eigenvalue weighted by Crippen LogP contribution is 2.30. The van der Waals surface area contributed by atoms with Gasteiger partial charge in [0.05, 0.1) is 11.7 Å². The molecule has 0 atom stereocenters. The monoisotopic (exact) mass is 415 g/mol. The van der Waals surface area contributed by atoms with Crippen LogP contribution in [0.3, 0.4) is 0 Å². The summed E-state index contributed by atoms with van der Waals surface area (Å²) in [5.41, 5.74) is 0.728. The van der Waals surface area contributed by atoms with Crippen LogP contribution in [0.5, 0.6) is 0 Å². The van der Waals surface area contributed by atoms with Crippen LogP contribution in [0.25, 0.3) is 21.3 Å². The number of aromatic nitrogens is 2. The Hall–Kier alpha value is -3.46. The summed E-state index contributed by atoms with van der Waals surface area (Å²) in [6.07, 6.45) is 1.24. The molecule has 0 fully saturated rings. The maximum absolute atomic E-state index is 13.3. The Bertz CT molecular complexity index is 1260. The number of thiophene rings is 1. The van der Waals surface area contributed by atoms with Gasteiger partial charge in [-0.2, -0.15) is 0 Å². The highest BCUT2D eigenvalue weighted by Gasteiger charge is 2.15. The van der Waals surface area contributed by atoms with E-state index in [1.54, 1.807) is 17.5 Å². The van der Waals surface area contributed by atoms with E-state index in [1.807, 2.05) is 0 Å². The third-order valence-electron chi connectivity index (χ3n) is 4.18. The number of nitrogens with zero attached hydrogens (tertiary/aromatic N) is 2. The normalized spacial score (nSPS) is 11.0. The molecule has 1 N–H and O–H groups in total. The first kappa shape index (κ1) is 18.9. The number of carbonyl (C=O) groups is 1. The summed E-state index contributed by atoms with van der Waals surface area (Å²) in [5.74, 6) is -2.70. The van der Waals surface area contributed by atoms with Crippen LogP contribution in [0.1, 0.15) is 0 Å². The molecule has 0 bridgehead atoms. The second-order valence-corrected chi connectivity index (χ2v) is 7.08. The largest absolute Gasteiger partial charge is 0.324 e. The van der Waals surface area contributed by atoms with Crippen LogP contribution >= 0.6 is 11.3 Å². The van der Waals surface area contributed by atoms with E-state index in [-0.39, 0.29) is 5.69 Å². The molecule has 2 aromatic heterocycles. The van der Waals surface area contributed by atoms with E-state index < -0.39 is 35.5 Å². The molecule has 1 amide bonds. The molecular weight excluding hydrogens is 403 g/mol. The Morgan fingerprint density at radius 1 is 1.03 bits per heavy atom. The summed E-state index contributed by atoms with van der Waals surface area (Å²) in [7, 11) is 0. The number of benzene rings is 2. The van der Waals surface area contributed by atoms with Crippen molar-refractivity contribution in [3.05, 3.63) is 82.0 Å². The van der Waals surface area contributed by atoms with Crippen molar-refractivity contribution in [2.45, 2.75) is 6.54 Å². The first-order valence-electron chi connectivity index (χ1n) is 8.39. The van der Waals surface area contributed by atoms with Crippen molar-refractivity contribution in [1.29, 1.82) is 0 Å². The highest BCUT2D eigenvalue weighted by molar-refractivity contribution is 7.17. The van der Waals surface area contributed by atoms with Gasteiger partial charge in [-0.25, -0.2) is 18.2 Å². The van der Waals surface area contributed by atoms with Gasteiger partial charge in [-0.15, -0.1) is 11.3 Å². The molecule has 29 heavy (non-hydrogen) atoms. The van der Waals surface area contributed by atoms with Crippen LogP contribution in [0.15, 0.2) is 59.0 Å². The maximum atomic E-state index is 13.3. The summed E-state index contributed by atoms with van der Waals surface area (Å²) >= 11 is 1.26. The second-order valence-electron chi connectivity index (χ2n) is 6.22. The summed E-state index contributed by atoms with van der Waals surface area (Å²) in [4.78, 5) is 29.8. The molecule has 0 aliphatic carbocycles. The average molecular weight is 415 g/mol. The van der Waals surface area contributed by atoms with Gasteiger partial charge in [-0.3, -0.25) is 14.2 Å². The van der Waals surface area contributed by atoms with Gasteiger partial charge in [-0.05, 0) is 29.8 Å². The molecule has 2 aromatic carbocycles. The third-order valence-corrected chi connectivity index (χ3v) is 5.06. The molecule has 5 nitrogen and oxygen atoms in total. The Morgan fingerprint density at radius 3 is 2.41 bits per heavy atom. The zero-order valence-electron chi connectivity index (χ0n) is 14.7. The molecule has 0 aliphatic rings. The predicted octanol–water partition coefficient (Wildman–Crippen LogP) is 4.18. The molecule has 0 saturated heterocycles. The highest BCUT2D eigenvalue weighted by atomic mass is 32.1. The zero-order chi connectivity index (χ0) is 20.5. The summed E-state index contributed by atoms with van der Waals surface area (Å²) in [5, 5.41) is 4.40. The molecule has 0 unspecified atom stereocenters. The van der Waals surface area contributed by atoms with E-state index >= 15 is 0 Å². The number of hydrogen-bond acceptors (Lipinski definition) is 4. The van der Waals surface area contributed by atoms with E-state index in [2.05, 4.69) is 10.3 Å². The number of halogens is 3. The molecule has 0 spiro atoms. The number of amides is 1. The van der Waals surface area contributed by atoms with Crippen LogP contribution in [-0.2, 0) is 11.3 Å². The SMILES string of the molecule is O=C(Cn1cnc2scc(-c3ccc(F)cc3)c2c1=O)Nc1cc(F)cc(F)c1. The molecule has 4 rings (SSSR count). The zero-order valence-corrected chi connectivity index (χ0v) is 15.5. The van der Waals surface area contributed by atoms with Crippen LogP contribution < -0.4 is 10.9 Å². The Kier molecular flexibility index (Phi) is 4.89. The molecule has 9 heteroatoms. The molecule has 0 aliphatic heterocycles. The molecule has 0 saturated carbocycles. The van der Waals surface area contributed by atoms with E-state index in [1.165, 1.54) is 29.8 Å². The molecule has 2 heterocycles. The fraction of sp³-hybridized carbons (Fsp3) is 0.0500. The minimum Gasteiger partial charge on any atom is -0.324 e. The lowest BCUT2D eigenvalue weighted by Crippen LogP contribution is -2.27. The van der Waals surface area contributed by atoms with Gasteiger partial charge in [0.2, 0.25) is 5.91 Å². The van der Waals surface area contributed by atoms with Gasteiger partial charge in [0.1, 0.15) is 28.8 Å². The van der Waals surface area contributed by atoms with Crippen molar-refractivity contribution in [2.24, 2.45) is 0 Å². The standard InChI is InChI=1S/C20H12F3N3O2S/c21-12-3-1-11(2-4-12)16-9-29-19-18(16)20(28)26(10-24-19)8-17(27)25-15-6-13(22)5-14(23)7-15/h1-7,9-10H,8H2,(H,25,27). The van der Waals surface area contributed by atoms with E-state index in [9.17, 15) is 22.8 Å². The number of rotatable bonds is 4. The van der Waals surface area contributed by atoms with Crippen molar-refractivity contribution in [1.82, 2.24) is 9.55 Å². The van der Waals surface area contributed by atoms with E-state index in [4.69, 9.17) is 0 Å². The van der Waals surface area contributed by atoms with Crippen LogP contribution in [0, 0.1) is 17.5 Å². The van der Waals surface area contributed by atoms with E-state index in [0.717, 1.165) is 16.7 Å². The van der Waals surface area contributed by atoms with Gasteiger partial charge in [0.25, 0.3) is 5.56 Å². The topological polar surface area (TPSA) is 64.0 Å². The van der Waals surface area contributed by atoms with Crippen LogP contribution in [-0.4, -0.2) is 15.5 Å². The minimum atomic E-state index is -0.831. The molecular formula is C20H12F3N3O2S. The maximum Gasteiger partial charge on any atom is 0.263 e. The second kappa shape index (κ2) is 7.51. The summed E-state index contributed by atoms with van der Waals surface area (Å²) < 4.78 is 40.8. The first-order chi connectivity index (χ1) is 13.9. The fourth-order valence-corrected chi connectivity index (χ4v) is 3.81. The molecule has 4 aromatic rings. The smallest absolute Gasteiger partial charge is 0.263 e. The fourth-order valence-electron chi connectivity index (χ4n) is 2.90. The molecule has 146 valence electrons. The van der Waals surface area contributed by atoms with E-state index in [0.29, 0.717) is 27.4 Å². The van der Waals surface area contributed by atoms with Crippen molar-refractivity contribution >= 4 is 33.1 Å². The van der Waals surface area contributed by atoms with Gasteiger partial charge in [0, 0.05) is 22.7 Å². The Labute approximate surface area is 166 Å². The van der Waals surface area contributed by atoms with Gasteiger partial charge in [-0.1, -0.05) is 12.1 Å². The molecule has 0 radical (unpaired) electrons. The van der Waals surface area contributed by atoms with Crippen molar-refractivity contribution in [2.75, 3.05) is 5.32 Å². The van der Waals surface area contributed by atoms with Gasteiger partial charge < -0.3 is 5.32 Å². The van der Waals surface area contributed by atoms with Gasteiger partial charge >= 0.3 is 0 Å². The number of anilines is 1. The lowest BCUT2D eigenvalue weighted by molar-refractivity contribution is -0.116. The number of hydrogen-bond donors (Lipinski definition) is 1. The number of nitrogens with one attached hydrogen (secondary N) is 1. The predicted molar refractivity (Wildman–Crippen MR) is 104 cm³/mol. The van der Waals surface area contributed by atoms with Crippen molar-refractivity contribution in [3.63, 3.8) is 0 Å². The average Bonchev–Trinajstić information content (AvgIpc) is 3.08. The summed E-state index contributed by atoms with van der Waals surface area (Å²) in [6.45, 7) is -0.390. The van der Waals surface area contributed by atoms with Crippen molar-refractivity contribution in [3.8, 4) is 11.1 Å². The number of fused-ring (bicyclic) bond motifs is 1. The van der Waals surface area contributed by atoms with Crippen molar-refractivity contribution < 1.29 is 18.0 Å². The lowest BCUT2D eigenvalue weighted by Gasteiger charge is -2.08. The third kappa shape index (κ3) is 3.90. The van der Waals surface area contributed by atoms with Crippen LogP contribution in [0.4, 0.5) is 18.9 Å². The number of carbonyl (C=O) groups excluding carboxylic acids is 1. The van der Waals surface area contributed by atoms with Crippen LogP contribution in [0.2, 0.25) is 0 Å². The Balaban J connectivity index is 1.65. The van der Waals surface area contributed by atoms with Gasteiger partial charge in [0.15, 0.2) is 0 Å².